The van der Waals surface area contributed by atoms with Crippen LogP contribution in [0.15, 0.2) is 54.6 Å². The summed E-state index contributed by atoms with van der Waals surface area (Å²) >= 11 is 0. The maximum Gasteiger partial charge on any atom is 0.409 e. The summed E-state index contributed by atoms with van der Waals surface area (Å²) in [5.74, 6) is 1.00. The molecule has 0 radical (unpaired) electrons. The van der Waals surface area contributed by atoms with Gasteiger partial charge in [-0.3, -0.25) is 0 Å². The quantitative estimate of drug-likeness (QED) is 0.829. The molecule has 0 bridgehead atoms. The number of amides is 1. The lowest BCUT2D eigenvalue weighted by atomic mass is 9.88. The van der Waals surface area contributed by atoms with Crippen molar-refractivity contribution < 1.29 is 14.3 Å². The van der Waals surface area contributed by atoms with Crippen molar-refractivity contribution in [2.45, 2.75) is 32.3 Å². The van der Waals surface area contributed by atoms with Gasteiger partial charge in [-0.05, 0) is 31.5 Å². The first kappa shape index (κ1) is 17.3. The molecule has 0 aliphatic carbocycles. The molecule has 2 aromatic rings. The van der Waals surface area contributed by atoms with Crippen molar-refractivity contribution in [3.05, 3.63) is 65.7 Å². The van der Waals surface area contributed by atoms with Gasteiger partial charge in [0.05, 0.1) is 6.61 Å². The molecular formula is C21H25NO3. The number of hydrogen-bond acceptors (Lipinski definition) is 3. The number of carbonyl (C=O) groups is 1. The predicted octanol–water partition coefficient (Wildman–Crippen LogP) is 4.39. The molecule has 2 atom stereocenters. The zero-order chi connectivity index (χ0) is 17.6. The van der Waals surface area contributed by atoms with Crippen LogP contribution in [0.2, 0.25) is 0 Å². The summed E-state index contributed by atoms with van der Waals surface area (Å²) in [6.45, 7) is 5.56. The minimum atomic E-state index is -0.239. The number of nitrogens with zero attached hydrogens (tertiary/aromatic N) is 1. The molecule has 0 saturated carbocycles. The van der Waals surface area contributed by atoms with Crippen LogP contribution in [0.5, 0.6) is 5.75 Å². The zero-order valence-electron chi connectivity index (χ0n) is 14.9. The topological polar surface area (TPSA) is 38.8 Å². The van der Waals surface area contributed by atoms with E-state index >= 15 is 0 Å². The first-order valence-corrected chi connectivity index (χ1v) is 8.87. The largest absolute Gasteiger partial charge is 0.490 e. The standard InChI is InChI=1S/C21H25NO3/c1-3-24-21(23)22-14-13-20(25-18-11-9-16(2)10-12-18)19(15-22)17-7-5-4-6-8-17/h4-12,19-20H,3,13-15H2,1-2H3/t19-,20-/m0/s1. The molecule has 1 aliphatic rings. The Bertz CT molecular complexity index is 684. The molecule has 3 rings (SSSR count). The van der Waals surface area contributed by atoms with Crippen LogP contribution in [0.3, 0.4) is 0 Å². The second kappa shape index (κ2) is 8.06. The molecule has 1 saturated heterocycles. The van der Waals surface area contributed by atoms with E-state index in [1.54, 1.807) is 4.90 Å². The Kier molecular flexibility index (Phi) is 5.59. The fourth-order valence-corrected chi connectivity index (χ4v) is 3.26. The van der Waals surface area contributed by atoms with E-state index in [2.05, 4.69) is 31.2 Å². The molecule has 1 aliphatic heterocycles. The average molecular weight is 339 g/mol. The lowest BCUT2D eigenvalue weighted by molar-refractivity contribution is 0.0574. The van der Waals surface area contributed by atoms with Crippen LogP contribution in [0.25, 0.3) is 0 Å². The maximum absolute atomic E-state index is 12.1. The minimum absolute atomic E-state index is 0.0378. The van der Waals surface area contributed by atoms with Gasteiger partial charge in [0.1, 0.15) is 11.9 Å². The Labute approximate surface area is 149 Å². The highest BCUT2D eigenvalue weighted by molar-refractivity contribution is 5.68. The summed E-state index contributed by atoms with van der Waals surface area (Å²) in [6.07, 6.45) is 0.583. The molecule has 25 heavy (non-hydrogen) atoms. The van der Waals surface area contributed by atoms with Gasteiger partial charge in [-0.1, -0.05) is 48.0 Å². The van der Waals surface area contributed by atoms with Crippen molar-refractivity contribution in [1.29, 1.82) is 0 Å². The third-order valence-corrected chi connectivity index (χ3v) is 4.61. The van der Waals surface area contributed by atoms with Crippen molar-refractivity contribution in [1.82, 2.24) is 4.90 Å². The summed E-state index contributed by atoms with van der Waals surface area (Å²) < 4.78 is 11.5. The van der Waals surface area contributed by atoms with Gasteiger partial charge in [-0.25, -0.2) is 4.79 Å². The molecule has 2 aromatic carbocycles. The van der Waals surface area contributed by atoms with Crippen molar-refractivity contribution in [3.63, 3.8) is 0 Å². The van der Waals surface area contributed by atoms with Crippen molar-refractivity contribution in [2.75, 3.05) is 19.7 Å². The number of ether oxygens (including phenoxy) is 2. The number of aryl methyl sites for hydroxylation is 1. The van der Waals surface area contributed by atoms with Crippen molar-refractivity contribution >= 4 is 6.09 Å². The number of carbonyl (C=O) groups excluding carboxylic acids is 1. The van der Waals surface area contributed by atoms with Gasteiger partial charge in [0.2, 0.25) is 0 Å². The molecular weight excluding hydrogens is 314 g/mol. The predicted molar refractivity (Wildman–Crippen MR) is 98.0 cm³/mol. The van der Waals surface area contributed by atoms with Crippen LogP contribution in [0, 0.1) is 6.92 Å². The summed E-state index contributed by atoms with van der Waals surface area (Å²) in [5, 5.41) is 0. The van der Waals surface area contributed by atoms with E-state index < -0.39 is 0 Å². The van der Waals surface area contributed by atoms with Crippen LogP contribution in [-0.4, -0.2) is 36.8 Å². The first-order valence-electron chi connectivity index (χ1n) is 8.87. The summed E-state index contributed by atoms with van der Waals surface area (Å²) in [4.78, 5) is 13.9. The molecule has 0 unspecified atom stereocenters. The van der Waals surface area contributed by atoms with Crippen LogP contribution >= 0.6 is 0 Å². The Morgan fingerprint density at radius 1 is 1.12 bits per heavy atom. The second-order valence-electron chi connectivity index (χ2n) is 6.42. The van der Waals surface area contributed by atoms with Crippen LogP contribution in [0.1, 0.15) is 30.4 Å². The van der Waals surface area contributed by atoms with Gasteiger partial charge in [0, 0.05) is 25.4 Å². The van der Waals surface area contributed by atoms with E-state index in [4.69, 9.17) is 9.47 Å². The molecule has 0 N–H and O–H groups in total. The minimum Gasteiger partial charge on any atom is -0.490 e. The van der Waals surface area contributed by atoms with E-state index in [1.807, 2.05) is 37.3 Å². The molecule has 4 heteroatoms. The molecule has 1 heterocycles. The summed E-state index contributed by atoms with van der Waals surface area (Å²) in [6, 6.07) is 18.4. The van der Waals surface area contributed by atoms with Crippen LogP contribution in [-0.2, 0) is 4.74 Å². The van der Waals surface area contributed by atoms with E-state index in [0.29, 0.717) is 19.7 Å². The summed E-state index contributed by atoms with van der Waals surface area (Å²) in [7, 11) is 0. The monoisotopic (exact) mass is 339 g/mol. The second-order valence-corrected chi connectivity index (χ2v) is 6.42. The van der Waals surface area contributed by atoms with Gasteiger partial charge in [0.15, 0.2) is 0 Å². The average Bonchev–Trinajstić information content (AvgIpc) is 2.65. The van der Waals surface area contributed by atoms with E-state index in [0.717, 1.165) is 12.2 Å². The third-order valence-electron chi connectivity index (χ3n) is 4.61. The van der Waals surface area contributed by atoms with Gasteiger partial charge in [0.25, 0.3) is 0 Å². The number of likely N-dealkylation sites (tertiary alicyclic amines) is 1. The Morgan fingerprint density at radius 3 is 2.52 bits per heavy atom. The highest BCUT2D eigenvalue weighted by Crippen LogP contribution is 2.31. The molecule has 0 spiro atoms. The van der Waals surface area contributed by atoms with Gasteiger partial charge in [-0.2, -0.15) is 0 Å². The molecule has 1 amide bonds. The van der Waals surface area contributed by atoms with Crippen molar-refractivity contribution in [2.24, 2.45) is 0 Å². The molecule has 0 aromatic heterocycles. The number of piperidine rings is 1. The van der Waals surface area contributed by atoms with Gasteiger partial charge < -0.3 is 14.4 Å². The summed E-state index contributed by atoms with van der Waals surface area (Å²) in [5.41, 5.74) is 2.40. The molecule has 132 valence electrons. The van der Waals surface area contributed by atoms with Gasteiger partial charge >= 0.3 is 6.09 Å². The third kappa shape index (κ3) is 4.32. The highest BCUT2D eigenvalue weighted by atomic mass is 16.6. The lowest BCUT2D eigenvalue weighted by Crippen LogP contribution is -2.47. The van der Waals surface area contributed by atoms with E-state index in [-0.39, 0.29) is 18.1 Å². The van der Waals surface area contributed by atoms with E-state index in [9.17, 15) is 4.79 Å². The smallest absolute Gasteiger partial charge is 0.409 e. The van der Waals surface area contributed by atoms with E-state index in [1.165, 1.54) is 11.1 Å². The van der Waals surface area contributed by atoms with Crippen LogP contribution < -0.4 is 4.74 Å². The number of rotatable bonds is 4. The fourth-order valence-electron chi connectivity index (χ4n) is 3.26. The normalized spacial score (nSPS) is 20.2. The Balaban J connectivity index is 1.79. The molecule has 1 fully saturated rings. The Morgan fingerprint density at radius 2 is 1.84 bits per heavy atom. The maximum atomic E-state index is 12.1. The SMILES string of the molecule is CCOC(=O)N1CC[C@H](Oc2ccc(C)cc2)[C@H](c2ccccc2)C1. The Hall–Kier alpha value is -2.49. The van der Waals surface area contributed by atoms with Crippen molar-refractivity contribution in [3.8, 4) is 5.75 Å². The highest BCUT2D eigenvalue weighted by Gasteiger charge is 2.34. The van der Waals surface area contributed by atoms with Gasteiger partial charge in [-0.15, -0.1) is 0 Å². The fraction of sp³-hybridized carbons (Fsp3) is 0.381. The number of benzene rings is 2. The zero-order valence-corrected chi connectivity index (χ0v) is 14.9. The number of hydrogen-bond donors (Lipinski definition) is 0. The molecule has 4 nitrogen and oxygen atoms in total. The first-order chi connectivity index (χ1) is 12.2. The lowest BCUT2D eigenvalue weighted by Gasteiger charge is -2.38. The van der Waals surface area contributed by atoms with Crippen LogP contribution in [0.4, 0.5) is 4.79 Å².